The van der Waals surface area contributed by atoms with Crippen molar-refractivity contribution in [1.29, 1.82) is 0 Å². The third kappa shape index (κ3) is 1.78. The van der Waals surface area contributed by atoms with Crippen molar-refractivity contribution in [1.82, 2.24) is 9.38 Å². The molecule has 0 spiro atoms. The Morgan fingerprint density at radius 1 is 0.966 bits per heavy atom. The van der Waals surface area contributed by atoms with Gasteiger partial charge >= 0.3 is 0 Å². The summed E-state index contributed by atoms with van der Waals surface area (Å²) in [6.45, 7) is 14.4. The summed E-state index contributed by atoms with van der Waals surface area (Å²) in [5.41, 5.74) is 10.0. The van der Waals surface area contributed by atoms with Crippen molar-refractivity contribution in [3.63, 3.8) is 0 Å². The van der Waals surface area contributed by atoms with E-state index < -0.39 is 0 Å². The molecule has 0 N–H and O–H groups in total. The zero-order valence-electron chi connectivity index (χ0n) is 16.8. The van der Waals surface area contributed by atoms with Crippen molar-refractivity contribution in [2.75, 3.05) is 0 Å². The van der Waals surface area contributed by atoms with E-state index >= 15 is 0 Å². The Kier molecular flexibility index (Phi) is 2.92. The van der Waals surface area contributed by atoms with E-state index in [1.165, 1.54) is 33.1 Å². The topological polar surface area (TPSA) is 25.5 Å². The summed E-state index contributed by atoms with van der Waals surface area (Å²) < 4.78 is 4.50. The smallest absolute Gasteiger partial charge is 0.287 e. The minimum absolute atomic E-state index is 0.666. The second-order valence-corrected chi connectivity index (χ2v) is 8.04. The van der Waals surface area contributed by atoms with E-state index in [1.807, 2.05) is 12.4 Å². The molecule has 6 aromatic rings. The normalized spacial score (nSPS) is 12.1. The molecule has 138 valence electrons. The number of aryl methyl sites for hydroxylation is 4. The lowest BCUT2D eigenvalue weighted by molar-refractivity contribution is -0.646. The summed E-state index contributed by atoms with van der Waals surface area (Å²) in [5.74, 6) is 0. The van der Waals surface area contributed by atoms with Crippen molar-refractivity contribution in [2.45, 2.75) is 20.8 Å². The van der Waals surface area contributed by atoms with Gasteiger partial charge in [0.2, 0.25) is 5.69 Å². The second-order valence-electron chi connectivity index (χ2n) is 8.04. The van der Waals surface area contributed by atoms with Gasteiger partial charge in [0.15, 0.2) is 5.52 Å². The monoisotopic (exact) mass is 375 g/mol. The number of rotatable bonds is 0. The van der Waals surface area contributed by atoms with Gasteiger partial charge in [-0.05, 0) is 55.0 Å². The molecule has 3 heterocycles. The average Bonchev–Trinajstić information content (AvgIpc) is 3.07. The third-order valence-electron chi connectivity index (χ3n) is 6.45. The van der Waals surface area contributed by atoms with Crippen LogP contribution in [0.2, 0.25) is 0 Å². The third-order valence-corrected chi connectivity index (χ3v) is 6.45. The summed E-state index contributed by atoms with van der Waals surface area (Å²) in [5, 5.41) is 4.55. The first kappa shape index (κ1) is 16.3. The van der Waals surface area contributed by atoms with Gasteiger partial charge < -0.3 is 4.40 Å². The highest BCUT2D eigenvalue weighted by Gasteiger charge is 2.27. The van der Waals surface area contributed by atoms with Crippen LogP contribution < -0.4 is 4.57 Å². The summed E-state index contributed by atoms with van der Waals surface area (Å²) in [4.78, 5) is 8.59. The van der Waals surface area contributed by atoms with E-state index in [9.17, 15) is 0 Å². The molecule has 4 heteroatoms. The summed E-state index contributed by atoms with van der Waals surface area (Å²) in [6.07, 6.45) is 1.87. The molecule has 0 unspecified atom stereocenters. The van der Waals surface area contributed by atoms with Crippen LogP contribution in [0.5, 0.6) is 0 Å². The summed E-state index contributed by atoms with van der Waals surface area (Å²) in [7, 11) is 2.07. The van der Waals surface area contributed by atoms with Crippen molar-refractivity contribution in [3.8, 4) is 0 Å². The lowest BCUT2D eigenvalue weighted by Crippen LogP contribution is -2.30. The fourth-order valence-corrected chi connectivity index (χ4v) is 5.12. The van der Waals surface area contributed by atoms with Crippen LogP contribution in [0.4, 0.5) is 5.69 Å². The molecule has 0 aliphatic rings. The van der Waals surface area contributed by atoms with Gasteiger partial charge in [-0.15, -0.1) is 0 Å². The number of aromatic nitrogens is 3. The van der Waals surface area contributed by atoms with Gasteiger partial charge in [0.25, 0.3) is 6.33 Å². The number of para-hydroxylation sites is 1. The van der Waals surface area contributed by atoms with Gasteiger partial charge in [-0.1, -0.05) is 29.2 Å². The summed E-state index contributed by atoms with van der Waals surface area (Å²) in [6, 6.07) is 12.7. The molecule has 0 saturated heterocycles. The molecule has 0 amide bonds. The van der Waals surface area contributed by atoms with Gasteiger partial charge in [0.05, 0.1) is 35.6 Å². The van der Waals surface area contributed by atoms with E-state index in [1.54, 1.807) is 0 Å². The van der Waals surface area contributed by atoms with Crippen molar-refractivity contribution >= 4 is 54.8 Å². The Morgan fingerprint density at radius 3 is 2.55 bits per heavy atom. The maximum atomic E-state index is 7.83. The molecular weight excluding hydrogens is 356 g/mol. The lowest BCUT2D eigenvalue weighted by atomic mass is 9.96. The predicted octanol–water partition coefficient (Wildman–Crippen LogP) is 5.69. The molecule has 0 aliphatic heterocycles. The molecule has 3 aromatic heterocycles. The van der Waals surface area contributed by atoms with E-state index in [0.29, 0.717) is 5.69 Å². The Hall–Kier alpha value is -3.71. The van der Waals surface area contributed by atoms with E-state index in [-0.39, 0.29) is 0 Å². The number of pyridine rings is 1. The predicted molar refractivity (Wildman–Crippen MR) is 118 cm³/mol. The first-order valence-corrected chi connectivity index (χ1v) is 9.76. The molecule has 0 saturated carbocycles. The molecule has 0 bridgehead atoms. The highest BCUT2D eigenvalue weighted by atomic mass is 15.0. The standard InChI is InChI=1S/C25H19N4/c1-13-10-14(2)23-20(15(13)3)24-22-18(27-12-28(24)5)11-17(26-4)21-16-8-6-7-9-19(16)29(23)25(21)22/h6-12H,1-3,5H3/q+1. The number of nitrogens with zero attached hydrogens (tertiary/aromatic N) is 4. The number of hydrogen-bond donors (Lipinski definition) is 0. The van der Waals surface area contributed by atoms with E-state index in [4.69, 9.17) is 11.6 Å². The second kappa shape index (κ2) is 5.21. The Bertz CT molecular complexity index is 1700. The first-order chi connectivity index (χ1) is 14.0. The Balaban J connectivity index is 2.19. The molecule has 6 rings (SSSR count). The molecule has 29 heavy (non-hydrogen) atoms. The summed E-state index contributed by atoms with van der Waals surface area (Å²) >= 11 is 0. The van der Waals surface area contributed by atoms with Crippen molar-refractivity contribution in [2.24, 2.45) is 7.05 Å². The van der Waals surface area contributed by atoms with Gasteiger partial charge in [-0.25, -0.2) is 9.41 Å². The minimum atomic E-state index is 0.666. The quantitative estimate of drug-likeness (QED) is 0.145. The molecule has 0 fully saturated rings. The lowest BCUT2D eigenvalue weighted by Gasteiger charge is -2.16. The number of benzene rings is 3. The van der Waals surface area contributed by atoms with Crippen LogP contribution in [0, 0.1) is 27.3 Å². The van der Waals surface area contributed by atoms with E-state index in [2.05, 4.69) is 72.0 Å². The highest BCUT2D eigenvalue weighted by molar-refractivity contribution is 6.30. The Morgan fingerprint density at radius 2 is 1.76 bits per heavy atom. The Labute approximate surface area is 167 Å². The van der Waals surface area contributed by atoms with Gasteiger partial charge in [-0.2, -0.15) is 0 Å². The molecule has 0 aliphatic carbocycles. The minimum Gasteiger partial charge on any atom is -0.309 e. The average molecular weight is 375 g/mol. The SMILES string of the molecule is [C-]#[N+]c1cc2nc[n+](C)c3c4c(C)c(C)cc(C)c4n4c5ccccc5c1c4c23. The molecule has 0 atom stereocenters. The fraction of sp³-hybridized carbons (Fsp3) is 0.160. The van der Waals surface area contributed by atoms with Gasteiger partial charge in [-0.3, -0.25) is 0 Å². The maximum Gasteiger partial charge on any atom is 0.287 e. The zero-order valence-corrected chi connectivity index (χ0v) is 16.8. The first-order valence-electron chi connectivity index (χ1n) is 9.76. The van der Waals surface area contributed by atoms with Gasteiger partial charge in [0, 0.05) is 10.8 Å². The number of hydrogen-bond acceptors (Lipinski definition) is 1. The molecule has 0 radical (unpaired) electrons. The van der Waals surface area contributed by atoms with Crippen LogP contribution in [0.25, 0.3) is 54.0 Å². The van der Waals surface area contributed by atoms with Crippen molar-refractivity contribution in [3.05, 3.63) is 70.8 Å². The zero-order chi connectivity index (χ0) is 20.0. The highest BCUT2D eigenvalue weighted by Crippen LogP contribution is 2.45. The van der Waals surface area contributed by atoms with Crippen LogP contribution in [-0.4, -0.2) is 9.38 Å². The van der Waals surface area contributed by atoms with Crippen molar-refractivity contribution < 1.29 is 4.57 Å². The molecule has 4 nitrogen and oxygen atoms in total. The molecule has 3 aromatic carbocycles. The van der Waals surface area contributed by atoms with Crippen LogP contribution in [0.15, 0.2) is 42.7 Å². The maximum absolute atomic E-state index is 7.83. The number of fused-ring (bicyclic) bond motifs is 6. The van der Waals surface area contributed by atoms with Crippen LogP contribution in [0.3, 0.4) is 0 Å². The largest absolute Gasteiger partial charge is 0.309 e. The van der Waals surface area contributed by atoms with Gasteiger partial charge in [0.1, 0.15) is 5.52 Å². The molecular formula is C25H19N4+. The van der Waals surface area contributed by atoms with Crippen LogP contribution >= 0.6 is 0 Å². The van der Waals surface area contributed by atoms with E-state index in [0.717, 1.165) is 32.7 Å². The fourth-order valence-electron chi connectivity index (χ4n) is 5.12. The van der Waals surface area contributed by atoms with Crippen LogP contribution in [0.1, 0.15) is 16.7 Å². The van der Waals surface area contributed by atoms with Crippen LogP contribution in [-0.2, 0) is 7.05 Å².